The number of phenolic OH excluding ortho intramolecular Hbond substituents is 1. The van der Waals surface area contributed by atoms with Crippen molar-refractivity contribution in [2.45, 2.75) is 0 Å². The fourth-order valence-corrected chi connectivity index (χ4v) is 2.04. The first-order valence-corrected chi connectivity index (χ1v) is 5.70. The summed E-state index contributed by atoms with van der Waals surface area (Å²) in [6.07, 6.45) is 0. The van der Waals surface area contributed by atoms with Gasteiger partial charge in [-0.2, -0.15) is 0 Å². The Hall–Kier alpha value is -2.09. The molecule has 0 amide bonds. The summed E-state index contributed by atoms with van der Waals surface area (Å²) in [6.45, 7) is 0. The first-order chi connectivity index (χ1) is 8.95. The Kier molecular flexibility index (Phi) is 3.43. The highest BCUT2D eigenvalue weighted by molar-refractivity contribution is 9.10. The monoisotopic (exact) mass is 331 g/mol. The average molecular weight is 332 g/mol. The number of carboxylic acid groups (broad SMARTS) is 1. The molecule has 0 radical (unpaired) electrons. The van der Waals surface area contributed by atoms with Crippen molar-refractivity contribution in [3.63, 3.8) is 0 Å². The maximum atomic E-state index is 14.0. The molecular formula is C11H7BrFNO5. The van der Waals surface area contributed by atoms with Crippen molar-refractivity contribution < 1.29 is 28.7 Å². The van der Waals surface area contributed by atoms with Gasteiger partial charge in [-0.15, -0.1) is 0 Å². The number of rotatable bonds is 3. The van der Waals surface area contributed by atoms with Gasteiger partial charge in [0.1, 0.15) is 0 Å². The van der Waals surface area contributed by atoms with Gasteiger partial charge in [0.2, 0.25) is 0 Å². The first kappa shape index (κ1) is 13.3. The molecule has 0 spiro atoms. The summed E-state index contributed by atoms with van der Waals surface area (Å²) in [4.78, 5) is 10.7. The first-order valence-electron chi connectivity index (χ1n) is 4.91. The maximum Gasteiger partial charge on any atom is 0.358 e. The minimum absolute atomic E-state index is 0.0638. The number of carbonyl (C=O) groups is 1. The lowest BCUT2D eigenvalue weighted by Gasteiger charge is -2.08. The third kappa shape index (κ3) is 2.26. The molecule has 8 heteroatoms. The van der Waals surface area contributed by atoms with Crippen LogP contribution in [-0.2, 0) is 0 Å². The summed E-state index contributed by atoms with van der Waals surface area (Å²) in [7, 11) is 1.28. The standard InChI is InChI=1S/C11H7BrFNO5/c1-18-7-2-4(12)8(9(13)10(7)15)6-3-5(11(16)17)14-19-6/h2-3,15H,1H3,(H,16,17). The SMILES string of the molecule is COc1cc(Br)c(-c2cc(C(=O)O)no2)c(F)c1O. The number of methoxy groups -OCH3 is 1. The van der Waals surface area contributed by atoms with E-state index in [1.807, 2.05) is 0 Å². The van der Waals surface area contributed by atoms with Crippen LogP contribution in [0.5, 0.6) is 11.5 Å². The van der Waals surface area contributed by atoms with Crippen LogP contribution in [0.3, 0.4) is 0 Å². The van der Waals surface area contributed by atoms with Crippen molar-refractivity contribution in [2.24, 2.45) is 0 Å². The topological polar surface area (TPSA) is 92.8 Å². The largest absolute Gasteiger partial charge is 0.502 e. The van der Waals surface area contributed by atoms with Crippen LogP contribution >= 0.6 is 15.9 Å². The number of carboxylic acids is 1. The lowest BCUT2D eigenvalue weighted by molar-refractivity contribution is 0.0686. The van der Waals surface area contributed by atoms with E-state index in [1.165, 1.54) is 13.2 Å². The lowest BCUT2D eigenvalue weighted by atomic mass is 10.1. The summed E-state index contributed by atoms with van der Waals surface area (Å²) in [6, 6.07) is 2.38. The third-order valence-corrected chi connectivity index (χ3v) is 2.98. The lowest BCUT2D eigenvalue weighted by Crippen LogP contribution is -1.94. The molecule has 19 heavy (non-hydrogen) atoms. The van der Waals surface area contributed by atoms with Gasteiger partial charge in [-0.25, -0.2) is 9.18 Å². The van der Waals surface area contributed by atoms with Crippen LogP contribution in [0.4, 0.5) is 4.39 Å². The molecule has 2 rings (SSSR count). The van der Waals surface area contributed by atoms with Crippen molar-refractivity contribution in [3.05, 3.63) is 28.1 Å². The summed E-state index contributed by atoms with van der Waals surface area (Å²) in [5, 5.41) is 21.6. The normalized spacial score (nSPS) is 10.5. The fraction of sp³-hybridized carbons (Fsp3) is 0.0909. The van der Waals surface area contributed by atoms with Crippen LogP contribution in [0.25, 0.3) is 11.3 Å². The number of ether oxygens (including phenoxy) is 1. The third-order valence-electron chi connectivity index (χ3n) is 2.35. The van der Waals surface area contributed by atoms with Crippen LogP contribution in [0.1, 0.15) is 10.5 Å². The fourth-order valence-electron chi connectivity index (χ4n) is 1.46. The summed E-state index contributed by atoms with van der Waals surface area (Å²) < 4.78 is 23.8. The van der Waals surface area contributed by atoms with E-state index in [1.54, 1.807) is 0 Å². The van der Waals surface area contributed by atoms with Crippen molar-refractivity contribution in [1.82, 2.24) is 5.16 Å². The van der Waals surface area contributed by atoms with Crippen LogP contribution in [0.2, 0.25) is 0 Å². The number of aromatic hydroxyl groups is 1. The molecule has 6 nitrogen and oxygen atoms in total. The minimum atomic E-state index is -1.30. The van der Waals surface area contributed by atoms with E-state index in [-0.39, 0.29) is 27.2 Å². The van der Waals surface area contributed by atoms with Gasteiger partial charge in [-0.3, -0.25) is 0 Å². The van der Waals surface area contributed by atoms with Gasteiger partial charge in [0.25, 0.3) is 0 Å². The van der Waals surface area contributed by atoms with Crippen LogP contribution < -0.4 is 4.74 Å². The van der Waals surface area contributed by atoms with E-state index < -0.39 is 17.5 Å². The van der Waals surface area contributed by atoms with E-state index in [4.69, 9.17) is 14.4 Å². The molecule has 2 N–H and O–H groups in total. The number of hydrogen-bond acceptors (Lipinski definition) is 5. The Bertz CT molecular complexity index is 655. The van der Waals surface area contributed by atoms with Crippen molar-refractivity contribution in [3.8, 4) is 22.8 Å². The van der Waals surface area contributed by atoms with Gasteiger partial charge >= 0.3 is 5.97 Å². The number of halogens is 2. The molecule has 0 atom stereocenters. The van der Waals surface area contributed by atoms with E-state index in [0.29, 0.717) is 0 Å². The zero-order valence-corrected chi connectivity index (χ0v) is 11.1. The Balaban J connectivity index is 2.61. The number of benzene rings is 1. The highest BCUT2D eigenvalue weighted by Crippen LogP contribution is 2.41. The summed E-state index contributed by atoms with van der Waals surface area (Å²) in [5.41, 5.74) is -0.505. The molecular weight excluding hydrogens is 325 g/mol. The van der Waals surface area contributed by atoms with E-state index in [0.717, 1.165) is 6.07 Å². The van der Waals surface area contributed by atoms with Crippen molar-refractivity contribution in [2.75, 3.05) is 7.11 Å². The number of nitrogens with zero attached hydrogens (tertiary/aromatic N) is 1. The Morgan fingerprint density at radius 3 is 2.74 bits per heavy atom. The number of phenols is 1. The van der Waals surface area contributed by atoms with Crippen molar-refractivity contribution >= 4 is 21.9 Å². The Labute approximate surface area is 114 Å². The molecule has 0 aliphatic carbocycles. The smallest absolute Gasteiger partial charge is 0.358 e. The van der Waals surface area contributed by atoms with E-state index >= 15 is 0 Å². The zero-order chi connectivity index (χ0) is 14.2. The minimum Gasteiger partial charge on any atom is -0.502 e. The van der Waals surface area contributed by atoms with E-state index in [2.05, 4.69) is 21.1 Å². The number of aromatic nitrogens is 1. The second-order valence-electron chi connectivity index (χ2n) is 3.48. The predicted octanol–water partition coefficient (Wildman–Crippen LogP) is 2.66. The molecule has 0 saturated heterocycles. The average Bonchev–Trinajstić information content (AvgIpc) is 2.83. The van der Waals surface area contributed by atoms with Crippen LogP contribution in [0.15, 0.2) is 21.1 Å². The maximum absolute atomic E-state index is 14.0. The number of aromatic carboxylic acids is 1. The van der Waals surface area contributed by atoms with Gasteiger partial charge < -0.3 is 19.5 Å². The second kappa shape index (κ2) is 4.88. The molecule has 1 aromatic carbocycles. The van der Waals surface area contributed by atoms with Gasteiger partial charge in [-0.05, 0) is 22.0 Å². The zero-order valence-electron chi connectivity index (χ0n) is 9.48. The van der Waals surface area contributed by atoms with Crippen LogP contribution in [-0.4, -0.2) is 28.4 Å². The summed E-state index contributed by atoms with van der Waals surface area (Å²) >= 11 is 3.09. The highest BCUT2D eigenvalue weighted by Gasteiger charge is 2.23. The molecule has 0 unspecified atom stereocenters. The second-order valence-corrected chi connectivity index (χ2v) is 4.33. The van der Waals surface area contributed by atoms with Crippen LogP contribution in [0, 0.1) is 5.82 Å². The quantitative estimate of drug-likeness (QED) is 0.898. The van der Waals surface area contributed by atoms with Gasteiger partial charge in [-0.1, -0.05) is 5.16 Å². The molecule has 2 aromatic rings. The molecule has 0 aliphatic rings. The number of hydrogen-bond donors (Lipinski definition) is 2. The molecule has 1 aromatic heterocycles. The van der Waals surface area contributed by atoms with Gasteiger partial charge in [0.05, 0.1) is 12.7 Å². The molecule has 0 saturated carbocycles. The van der Waals surface area contributed by atoms with E-state index in [9.17, 15) is 14.3 Å². The Morgan fingerprint density at radius 2 is 2.21 bits per heavy atom. The predicted molar refractivity (Wildman–Crippen MR) is 64.8 cm³/mol. The van der Waals surface area contributed by atoms with Gasteiger partial charge in [0.15, 0.2) is 28.8 Å². The summed E-state index contributed by atoms with van der Waals surface area (Å²) in [5.74, 6) is -3.19. The molecule has 0 bridgehead atoms. The molecule has 0 aliphatic heterocycles. The van der Waals surface area contributed by atoms with Gasteiger partial charge in [0, 0.05) is 10.5 Å². The molecule has 100 valence electrons. The molecule has 0 fully saturated rings. The highest BCUT2D eigenvalue weighted by atomic mass is 79.9. The Morgan fingerprint density at radius 1 is 1.53 bits per heavy atom. The van der Waals surface area contributed by atoms with Crippen molar-refractivity contribution in [1.29, 1.82) is 0 Å². The molecule has 1 heterocycles.